The van der Waals surface area contributed by atoms with E-state index in [0.717, 1.165) is 0 Å². The zero-order valence-corrected chi connectivity index (χ0v) is 17.2. The largest absolute Gasteiger partial charge is 0.478 e. The Morgan fingerprint density at radius 2 is 1.81 bits per heavy atom. The second kappa shape index (κ2) is 8.74. The molecule has 0 aliphatic carbocycles. The summed E-state index contributed by atoms with van der Waals surface area (Å²) < 4.78 is 33.0. The summed E-state index contributed by atoms with van der Waals surface area (Å²) >= 11 is 0. The van der Waals surface area contributed by atoms with E-state index in [9.17, 15) is 18.9 Å². The van der Waals surface area contributed by atoms with Gasteiger partial charge in [-0.3, -0.25) is 18.6 Å². The maximum Gasteiger partial charge on any atom is 0.478 e. The van der Waals surface area contributed by atoms with E-state index >= 15 is 0 Å². The molecule has 1 aliphatic rings. The number of carbonyl (C=O) groups excluding carboxylic acids is 3. The minimum Gasteiger partial charge on any atom is -0.437 e. The summed E-state index contributed by atoms with van der Waals surface area (Å²) in [5.74, 6) is -0.798. The third-order valence-corrected chi connectivity index (χ3v) is 5.13. The Bertz CT molecular complexity index is 590. The molecular formula is C17H29O8P. The summed E-state index contributed by atoms with van der Waals surface area (Å²) in [6.07, 6.45) is -0.162. The van der Waals surface area contributed by atoms with E-state index in [4.69, 9.17) is 18.3 Å². The Labute approximate surface area is 154 Å². The average molecular weight is 392 g/mol. The standard InChI is InChI=1S/C17H29O8P/c1-12(18)8-7-9-13(19)14-17(5,6)10-23-26(21,25-14)24-11-22-15(20)16(2,3)4/h14H,7-11H2,1-6H3/t14-,26?/m0/s1. The molecule has 0 aromatic heterocycles. The number of ether oxygens (including phenoxy) is 1. The zero-order valence-electron chi connectivity index (χ0n) is 16.3. The molecule has 26 heavy (non-hydrogen) atoms. The SMILES string of the molecule is CC(=O)CCCC(=O)[C@@H]1OP(=O)(OCOC(=O)C(C)(C)C)OCC1(C)C. The molecule has 1 fully saturated rings. The van der Waals surface area contributed by atoms with Crippen LogP contribution in [-0.2, 0) is 37.3 Å². The Morgan fingerprint density at radius 3 is 2.35 bits per heavy atom. The number of hydrogen-bond acceptors (Lipinski definition) is 8. The number of phosphoric ester groups is 1. The molecule has 0 amide bonds. The third-order valence-electron chi connectivity index (χ3n) is 3.80. The molecule has 0 spiro atoms. The number of carbonyl (C=O) groups is 3. The van der Waals surface area contributed by atoms with E-state index in [0.29, 0.717) is 12.8 Å². The summed E-state index contributed by atoms with van der Waals surface area (Å²) in [7, 11) is -4.03. The average Bonchev–Trinajstić information content (AvgIpc) is 2.48. The molecule has 0 N–H and O–H groups in total. The van der Waals surface area contributed by atoms with Gasteiger partial charge < -0.3 is 9.53 Å². The van der Waals surface area contributed by atoms with Crippen molar-refractivity contribution in [3.63, 3.8) is 0 Å². The fraction of sp³-hybridized carbons (Fsp3) is 0.824. The van der Waals surface area contributed by atoms with Gasteiger partial charge in [0.2, 0.25) is 6.79 Å². The van der Waals surface area contributed by atoms with Crippen molar-refractivity contribution in [2.24, 2.45) is 10.8 Å². The van der Waals surface area contributed by atoms with Crippen LogP contribution in [0.3, 0.4) is 0 Å². The summed E-state index contributed by atoms with van der Waals surface area (Å²) in [4.78, 5) is 35.2. The number of esters is 1. The van der Waals surface area contributed by atoms with Crippen LogP contribution >= 0.6 is 7.82 Å². The van der Waals surface area contributed by atoms with Crippen molar-refractivity contribution in [1.29, 1.82) is 0 Å². The molecule has 0 saturated carbocycles. The molecule has 0 bridgehead atoms. The van der Waals surface area contributed by atoms with Crippen LogP contribution < -0.4 is 0 Å². The van der Waals surface area contributed by atoms with Gasteiger partial charge in [-0.15, -0.1) is 0 Å². The van der Waals surface area contributed by atoms with Gasteiger partial charge in [0.15, 0.2) is 5.78 Å². The van der Waals surface area contributed by atoms with Gasteiger partial charge in [-0.2, -0.15) is 0 Å². The fourth-order valence-electron chi connectivity index (χ4n) is 2.19. The molecule has 1 unspecified atom stereocenters. The summed E-state index contributed by atoms with van der Waals surface area (Å²) in [5, 5.41) is 0. The van der Waals surface area contributed by atoms with Crippen LogP contribution in [0, 0.1) is 10.8 Å². The van der Waals surface area contributed by atoms with Gasteiger partial charge in [-0.1, -0.05) is 13.8 Å². The minimum absolute atomic E-state index is 0.000347. The van der Waals surface area contributed by atoms with E-state index < -0.39 is 37.5 Å². The van der Waals surface area contributed by atoms with Crippen LogP contribution in [0.2, 0.25) is 0 Å². The van der Waals surface area contributed by atoms with Gasteiger partial charge in [-0.05, 0) is 34.1 Å². The Morgan fingerprint density at radius 1 is 1.19 bits per heavy atom. The number of rotatable bonds is 8. The zero-order chi connectivity index (χ0) is 20.2. The highest BCUT2D eigenvalue weighted by Crippen LogP contribution is 2.57. The lowest BCUT2D eigenvalue weighted by Crippen LogP contribution is -2.44. The van der Waals surface area contributed by atoms with Crippen LogP contribution in [0.4, 0.5) is 0 Å². The molecule has 0 aromatic carbocycles. The van der Waals surface area contributed by atoms with E-state index in [-0.39, 0.29) is 24.6 Å². The summed E-state index contributed by atoms with van der Waals surface area (Å²) in [5.41, 5.74) is -1.43. The third kappa shape index (κ3) is 6.91. The first-order valence-corrected chi connectivity index (χ1v) is 10.00. The van der Waals surface area contributed by atoms with Crippen molar-refractivity contribution in [3.8, 4) is 0 Å². The van der Waals surface area contributed by atoms with Crippen LogP contribution in [0.25, 0.3) is 0 Å². The van der Waals surface area contributed by atoms with Gasteiger partial charge in [0.1, 0.15) is 11.9 Å². The molecule has 9 heteroatoms. The molecule has 0 radical (unpaired) electrons. The molecule has 0 aromatic rings. The first-order valence-electron chi connectivity index (χ1n) is 8.54. The number of hydrogen-bond donors (Lipinski definition) is 0. The topological polar surface area (TPSA) is 105 Å². The number of ketones is 2. The van der Waals surface area contributed by atoms with Crippen molar-refractivity contribution in [1.82, 2.24) is 0 Å². The van der Waals surface area contributed by atoms with Crippen LogP contribution in [0.1, 0.15) is 60.8 Å². The van der Waals surface area contributed by atoms with Crippen LogP contribution in [0.15, 0.2) is 0 Å². The van der Waals surface area contributed by atoms with Crippen LogP contribution in [-0.4, -0.2) is 37.0 Å². The molecular weight excluding hydrogens is 363 g/mol. The van der Waals surface area contributed by atoms with Crippen molar-refractivity contribution in [2.45, 2.75) is 66.9 Å². The van der Waals surface area contributed by atoms with Gasteiger partial charge in [-0.25, -0.2) is 9.09 Å². The van der Waals surface area contributed by atoms with Crippen molar-refractivity contribution < 1.29 is 37.3 Å². The lowest BCUT2D eigenvalue weighted by Gasteiger charge is -2.39. The normalized spacial score (nSPS) is 25.5. The second-order valence-corrected chi connectivity index (χ2v) is 9.77. The highest BCUT2D eigenvalue weighted by atomic mass is 31.2. The van der Waals surface area contributed by atoms with Crippen molar-refractivity contribution >= 4 is 25.4 Å². The molecule has 1 heterocycles. The quantitative estimate of drug-likeness (QED) is 0.351. The number of phosphoric acid groups is 1. The molecule has 1 saturated heterocycles. The van der Waals surface area contributed by atoms with E-state index in [2.05, 4.69) is 0 Å². The monoisotopic (exact) mass is 392 g/mol. The molecule has 1 rings (SSSR count). The highest BCUT2D eigenvalue weighted by molar-refractivity contribution is 7.48. The van der Waals surface area contributed by atoms with E-state index in [1.165, 1.54) is 6.92 Å². The number of Topliss-reactive ketones (excluding diaryl/α,β-unsaturated/α-hetero) is 2. The maximum absolute atomic E-state index is 12.6. The lowest BCUT2D eigenvalue weighted by atomic mass is 9.84. The van der Waals surface area contributed by atoms with Gasteiger partial charge in [0.25, 0.3) is 0 Å². The van der Waals surface area contributed by atoms with Crippen molar-refractivity contribution in [2.75, 3.05) is 13.4 Å². The second-order valence-electron chi connectivity index (χ2n) is 8.15. The minimum atomic E-state index is -4.03. The Kier molecular flexibility index (Phi) is 7.72. The Hall–Kier alpha value is -1.08. The molecule has 8 nitrogen and oxygen atoms in total. The molecule has 1 aliphatic heterocycles. The Balaban J connectivity index is 2.66. The molecule has 150 valence electrons. The first-order chi connectivity index (χ1) is 11.8. The van der Waals surface area contributed by atoms with Gasteiger partial charge in [0.05, 0.1) is 12.0 Å². The summed E-state index contributed by atoms with van der Waals surface area (Å²) in [6, 6.07) is 0. The van der Waals surface area contributed by atoms with Crippen LogP contribution in [0.5, 0.6) is 0 Å². The van der Waals surface area contributed by atoms with E-state index in [1.54, 1.807) is 34.6 Å². The van der Waals surface area contributed by atoms with Gasteiger partial charge >= 0.3 is 13.8 Å². The fourth-order valence-corrected chi connectivity index (χ4v) is 3.72. The predicted octanol–water partition coefficient (Wildman–Crippen LogP) is 3.43. The summed E-state index contributed by atoms with van der Waals surface area (Å²) in [6.45, 7) is 9.36. The van der Waals surface area contributed by atoms with Gasteiger partial charge in [0, 0.05) is 18.3 Å². The lowest BCUT2D eigenvalue weighted by molar-refractivity contribution is -0.163. The van der Waals surface area contributed by atoms with E-state index in [1.807, 2.05) is 0 Å². The smallest absolute Gasteiger partial charge is 0.437 e. The first kappa shape index (κ1) is 23.0. The van der Waals surface area contributed by atoms with Crippen molar-refractivity contribution in [3.05, 3.63) is 0 Å². The molecule has 2 atom stereocenters. The highest BCUT2D eigenvalue weighted by Gasteiger charge is 2.48. The maximum atomic E-state index is 12.6. The predicted molar refractivity (Wildman–Crippen MR) is 93.3 cm³/mol.